The monoisotopic (exact) mass is 596 g/mol. The van der Waals surface area contributed by atoms with Gasteiger partial charge in [-0.2, -0.15) is 4.98 Å². The molecule has 3 N–H and O–H groups in total. The molecule has 0 bridgehead atoms. The van der Waals surface area contributed by atoms with E-state index in [9.17, 15) is 8.42 Å². The van der Waals surface area contributed by atoms with Crippen LogP contribution < -0.4 is 25.0 Å². The Balaban J connectivity index is 1.28. The summed E-state index contributed by atoms with van der Waals surface area (Å²) in [6.07, 6.45) is 13.2. The molecule has 1 aliphatic carbocycles. The van der Waals surface area contributed by atoms with Crippen molar-refractivity contribution in [2.24, 2.45) is 4.99 Å². The molecule has 13 heteroatoms. The Hall–Kier alpha value is -3.55. The van der Waals surface area contributed by atoms with Gasteiger partial charge in [0.1, 0.15) is 11.9 Å². The van der Waals surface area contributed by atoms with Crippen molar-refractivity contribution in [1.82, 2.24) is 25.0 Å². The van der Waals surface area contributed by atoms with Gasteiger partial charge in [-0.1, -0.05) is 6.08 Å². The van der Waals surface area contributed by atoms with Crippen LogP contribution in [0.5, 0.6) is 5.88 Å². The Morgan fingerprint density at radius 3 is 2.60 bits per heavy atom. The molecule has 1 saturated carbocycles. The standard InChI is InChI=1S/C29H40N8O4S/c1-20(36-42(3,38)39)16-25-26(30-2)17-27(37-12-14-40-15-13-37)35-28(25)41-24-6-4-23(5-7-24)34-29-32-18-22(19-33-29)21-8-10-31-11-9-21/h8,16-19,23-24,31,36H,2,4-7,9-15H2,1,3H3,(H,32,33,34)/b20-16+/t23-,24+. The third kappa shape index (κ3) is 8.05. The summed E-state index contributed by atoms with van der Waals surface area (Å²) in [6, 6.07) is 2.10. The van der Waals surface area contributed by atoms with Crippen LogP contribution in [0.2, 0.25) is 0 Å². The first-order valence-electron chi connectivity index (χ1n) is 14.4. The second kappa shape index (κ2) is 13.6. The van der Waals surface area contributed by atoms with E-state index in [-0.39, 0.29) is 12.1 Å². The number of ether oxygens (including phenoxy) is 2. The summed E-state index contributed by atoms with van der Waals surface area (Å²) in [6.45, 7) is 9.96. The minimum atomic E-state index is -3.44. The molecule has 2 aromatic rings. The molecule has 1 saturated heterocycles. The fraction of sp³-hybridized carbons (Fsp3) is 0.517. The molecule has 2 fully saturated rings. The molecule has 2 aliphatic heterocycles. The smallest absolute Gasteiger partial charge is 0.229 e. The maximum Gasteiger partial charge on any atom is 0.229 e. The summed E-state index contributed by atoms with van der Waals surface area (Å²) in [5.41, 5.74) is 3.96. The number of nitrogens with one attached hydrogen (secondary N) is 3. The van der Waals surface area contributed by atoms with Gasteiger partial charge < -0.3 is 25.0 Å². The number of morpholine rings is 1. The topological polar surface area (TPSA) is 143 Å². The van der Waals surface area contributed by atoms with Crippen LogP contribution in [-0.4, -0.2) is 87.9 Å². The predicted octanol–water partition coefficient (Wildman–Crippen LogP) is 3.13. The zero-order valence-corrected chi connectivity index (χ0v) is 25.1. The molecule has 0 unspecified atom stereocenters. The van der Waals surface area contributed by atoms with Crippen molar-refractivity contribution in [3.8, 4) is 5.88 Å². The van der Waals surface area contributed by atoms with Crippen LogP contribution in [-0.2, 0) is 14.8 Å². The number of rotatable bonds is 10. The maximum absolute atomic E-state index is 11.8. The average Bonchev–Trinajstić information content (AvgIpc) is 2.99. The highest BCUT2D eigenvalue weighted by Gasteiger charge is 2.26. The molecule has 0 atom stereocenters. The average molecular weight is 597 g/mol. The lowest BCUT2D eigenvalue weighted by Crippen LogP contribution is -2.37. The highest BCUT2D eigenvalue weighted by molar-refractivity contribution is 7.88. The summed E-state index contributed by atoms with van der Waals surface area (Å²) < 4.78 is 38.2. The Bertz CT molecular complexity index is 1410. The molecular weight excluding hydrogens is 556 g/mol. The highest BCUT2D eigenvalue weighted by atomic mass is 32.2. The summed E-state index contributed by atoms with van der Waals surface area (Å²) in [4.78, 5) is 20.4. The van der Waals surface area contributed by atoms with Gasteiger partial charge in [-0.3, -0.25) is 9.71 Å². The lowest BCUT2D eigenvalue weighted by Gasteiger charge is -2.31. The van der Waals surface area contributed by atoms with Gasteiger partial charge in [0.2, 0.25) is 21.9 Å². The van der Waals surface area contributed by atoms with Crippen molar-refractivity contribution in [3.63, 3.8) is 0 Å². The quantitative estimate of drug-likeness (QED) is 0.350. The first-order valence-corrected chi connectivity index (χ1v) is 16.3. The number of hydrogen-bond acceptors (Lipinski definition) is 11. The van der Waals surface area contributed by atoms with Crippen LogP contribution in [0, 0.1) is 0 Å². The van der Waals surface area contributed by atoms with Crippen molar-refractivity contribution in [2.45, 2.75) is 51.2 Å². The van der Waals surface area contributed by atoms with Gasteiger partial charge in [-0.15, -0.1) is 0 Å². The summed E-state index contributed by atoms with van der Waals surface area (Å²) in [5.74, 6) is 1.79. The van der Waals surface area contributed by atoms with Crippen molar-refractivity contribution in [1.29, 1.82) is 0 Å². The van der Waals surface area contributed by atoms with E-state index < -0.39 is 10.0 Å². The van der Waals surface area contributed by atoms with Gasteiger partial charge in [-0.25, -0.2) is 18.4 Å². The highest BCUT2D eigenvalue weighted by Crippen LogP contribution is 2.36. The van der Waals surface area contributed by atoms with Gasteiger partial charge >= 0.3 is 0 Å². The molecular formula is C29H40N8O4S. The molecule has 4 heterocycles. The van der Waals surface area contributed by atoms with Crippen molar-refractivity contribution in [3.05, 3.63) is 41.4 Å². The van der Waals surface area contributed by atoms with Crippen LogP contribution in [0.1, 0.15) is 50.2 Å². The third-order valence-electron chi connectivity index (χ3n) is 7.57. The lowest BCUT2D eigenvalue weighted by atomic mass is 9.93. The molecule has 5 rings (SSSR count). The van der Waals surface area contributed by atoms with Crippen LogP contribution in [0.3, 0.4) is 0 Å². The fourth-order valence-corrected chi connectivity index (χ4v) is 6.12. The van der Waals surface area contributed by atoms with Crippen LogP contribution in [0.4, 0.5) is 17.5 Å². The number of anilines is 2. The molecule has 3 aliphatic rings. The molecule has 42 heavy (non-hydrogen) atoms. The lowest BCUT2D eigenvalue weighted by molar-refractivity contribution is 0.122. The Labute approximate surface area is 247 Å². The van der Waals surface area contributed by atoms with Crippen LogP contribution in [0.25, 0.3) is 11.6 Å². The second-order valence-corrected chi connectivity index (χ2v) is 12.6. The van der Waals surface area contributed by atoms with Crippen molar-refractivity contribution in [2.75, 3.05) is 55.9 Å². The summed E-state index contributed by atoms with van der Waals surface area (Å²) in [5, 5.41) is 6.81. The van der Waals surface area contributed by atoms with E-state index in [1.54, 1.807) is 13.0 Å². The number of aliphatic imine (C=N–C) groups is 1. The Kier molecular flexibility index (Phi) is 9.70. The molecule has 226 valence electrons. The van der Waals surface area contributed by atoms with Gasteiger partial charge in [-0.05, 0) is 63.9 Å². The molecule has 2 aromatic heterocycles. The van der Waals surface area contributed by atoms with E-state index in [1.807, 2.05) is 18.5 Å². The maximum atomic E-state index is 11.8. The van der Waals surface area contributed by atoms with Gasteiger partial charge in [0.15, 0.2) is 0 Å². The molecule has 0 amide bonds. The van der Waals surface area contributed by atoms with E-state index in [0.29, 0.717) is 55.1 Å². The predicted molar refractivity (Wildman–Crippen MR) is 166 cm³/mol. The van der Waals surface area contributed by atoms with E-state index in [1.165, 1.54) is 5.57 Å². The third-order valence-corrected chi connectivity index (χ3v) is 8.27. The SMILES string of the molecule is C=Nc1cc(N2CCOCC2)nc(O[C@H]2CC[C@@H](Nc3ncc(C4=CCNCC4)cn3)CC2)c1/C=C(\C)NS(C)(=O)=O. The van der Waals surface area contributed by atoms with E-state index in [2.05, 4.69) is 48.0 Å². The molecule has 0 radical (unpaired) electrons. The first-order chi connectivity index (χ1) is 20.3. The minimum absolute atomic E-state index is 0.0568. The largest absolute Gasteiger partial charge is 0.474 e. The zero-order chi connectivity index (χ0) is 29.5. The fourth-order valence-electron chi connectivity index (χ4n) is 5.47. The zero-order valence-electron chi connectivity index (χ0n) is 24.3. The second-order valence-electron chi connectivity index (χ2n) is 10.9. The summed E-state index contributed by atoms with van der Waals surface area (Å²) >= 11 is 0. The van der Waals surface area contributed by atoms with Crippen LogP contribution in [0.15, 0.2) is 35.2 Å². The van der Waals surface area contributed by atoms with E-state index in [4.69, 9.17) is 14.5 Å². The minimum Gasteiger partial charge on any atom is -0.474 e. The number of hydrogen-bond donors (Lipinski definition) is 3. The van der Waals surface area contributed by atoms with Gasteiger partial charge in [0.05, 0.1) is 30.7 Å². The Morgan fingerprint density at radius 2 is 1.95 bits per heavy atom. The number of sulfonamides is 1. The number of allylic oxidation sites excluding steroid dienone is 1. The molecule has 0 aromatic carbocycles. The molecule has 12 nitrogen and oxygen atoms in total. The van der Waals surface area contributed by atoms with Gasteiger partial charge in [0, 0.05) is 55.4 Å². The number of nitrogens with zero attached hydrogens (tertiary/aromatic N) is 5. The van der Waals surface area contributed by atoms with E-state index in [0.717, 1.165) is 62.8 Å². The van der Waals surface area contributed by atoms with Crippen LogP contribution >= 0.6 is 0 Å². The van der Waals surface area contributed by atoms with Crippen molar-refractivity contribution >= 4 is 45.8 Å². The van der Waals surface area contributed by atoms with Gasteiger partial charge in [0.25, 0.3) is 0 Å². The van der Waals surface area contributed by atoms with Crippen molar-refractivity contribution < 1.29 is 17.9 Å². The normalized spacial score (nSPS) is 21.8. The summed E-state index contributed by atoms with van der Waals surface area (Å²) in [7, 11) is -3.44. The molecule has 0 spiro atoms. The number of pyridine rings is 1. The first kappa shape index (κ1) is 29.9. The number of aromatic nitrogens is 3. The Morgan fingerprint density at radius 1 is 1.21 bits per heavy atom. The van der Waals surface area contributed by atoms with E-state index >= 15 is 0 Å².